The normalized spacial score (nSPS) is 20.5. The SMILES string of the molecule is Cc1ccc(S(=O)(=O)C2N=COC2c2ccc(F)c(F)c2)cc1. The smallest absolute Gasteiger partial charge is 0.205 e. The Kier molecular flexibility index (Phi) is 3.89. The number of hydrogen-bond donors (Lipinski definition) is 0. The van der Waals surface area contributed by atoms with Gasteiger partial charge in [-0.2, -0.15) is 0 Å². The third kappa shape index (κ3) is 2.84. The number of aliphatic imine (C=N–C) groups is 1. The second-order valence-electron chi connectivity index (χ2n) is 5.23. The van der Waals surface area contributed by atoms with Crippen molar-refractivity contribution in [2.45, 2.75) is 23.3 Å². The van der Waals surface area contributed by atoms with E-state index in [2.05, 4.69) is 4.99 Å². The maximum absolute atomic E-state index is 13.4. The van der Waals surface area contributed by atoms with Crippen molar-refractivity contribution in [1.82, 2.24) is 0 Å². The molecule has 4 nitrogen and oxygen atoms in total. The summed E-state index contributed by atoms with van der Waals surface area (Å²) in [6, 6.07) is 9.48. The second-order valence-corrected chi connectivity index (χ2v) is 7.28. The van der Waals surface area contributed by atoms with Crippen LogP contribution >= 0.6 is 0 Å². The summed E-state index contributed by atoms with van der Waals surface area (Å²) in [5.74, 6) is -2.07. The van der Waals surface area contributed by atoms with Gasteiger partial charge in [0.1, 0.15) is 0 Å². The Morgan fingerprint density at radius 3 is 2.39 bits per heavy atom. The molecule has 0 amide bonds. The summed E-state index contributed by atoms with van der Waals surface area (Å²) in [5.41, 5.74) is 1.13. The summed E-state index contributed by atoms with van der Waals surface area (Å²) < 4.78 is 57.1. The van der Waals surface area contributed by atoms with E-state index in [4.69, 9.17) is 4.74 Å². The van der Waals surface area contributed by atoms with Crippen molar-refractivity contribution in [1.29, 1.82) is 0 Å². The fraction of sp³-hybridized carbons (Fsp3) is 0.188. The molecule has 0 bridgehead atoms. The summed E-state index contributed by atoms with van der Waals surface area (Å²) >= 11 is 0. The third-order valence-electron chi connectivity index (χ3n) is 3.61. The molecular weight excluding hydrogens is 324 g/mol. The van der Waals surface area contributed by atoms with Gasteiger partial charge in [-0.05, 0) is 36.8 Å². The summed E-state index contributed by atoms with van der Waals surface area (Å²) in [5, 5.41) is -1.24. The average Bonchev–Trinajstić information content (AvgIpc) is 3.01. The van der Waals surface area contributed by atoms with Gasteiger partial charge in [0, 0.05) is 0 Å². The number of rotatable bonds is 3. The van der Waals surface area contributed by atoms with Crippen molar-refractivity contribution in [3.05, 3.63) is 65.2 Å². The lowest BCUT2D eigenvalue weighted by atomic mass is 10.1. The molecule has 2 unspecified atom stereocenters. The van der Waals surface area contributed by atoms with Crippen LogP contribution in [0.5, 0.6) is 0 Å². The maximum Gasteiger partial charge on any atom is 0.205 e. The van der Waals surface area contributed by atoms with E-state index in [0.29, 0.717) is 0 Å². The topological polar surface area (TPSA) is 55.7 Å². The Morgan fingerprint density at radius 2 is 1.74 bits per heavy atom. The van der Waals surface area contributed by atoms with Crippen LogP contribution in [0.15, 0.2) is 52.4 Å². The lowest BCUT2D eigenvalue weighted by molar-refractivity contribution is 0.226. The summed E-state index contributed by atoms with van der Waals surface area (Å²) in [7, 11) is -3.81. The molecule has 0 aliphatic carbocycles. The van der Waals surface area contributed by atoms with Gasteiger partial charge in [-0.3, -0.25) is 0 Å². The Balaban J connectivity index is 1.98. The quantitative estimate of drug-likeness (QED) is 0.864. The molecule has 1 aliphatic heterocycles. The molecule has 0 spiro atoms. The van der Waals surface area contributed by atoms with Crippen LogP contribution in [0, 0.1) is 18.6 Å². The van der Waals surface area contributed by atoms with Crippen LogP contribution < -0.4 is 0 Å². The van der Waals surface area contributed by atoms with Crippen LogP contribution in [-0.4, -0.2) is 20.2 Å². The van der Waals surface area contributed by atoms with Crippen LogP contribution in [0.1, 0.15) is 17.2 Å². The highest BCUT2D eigenvalue weighted by molar-refractivity contribution is 7.92. The van der Waals surface area contributed by atoms with E-state index in [9.17, 15) is 17.2 Å². The van der Waals surface area contributed by atoms with E-state index >= 15 is 0 Å². The lowest BCUT2D eigenvalue weighted by Gasteiger charge is -2.18. The second kappa shape index (κ2) is 5.73. The molecule has 0 saturated heterocycles. The van der Waals surface area contributed by atoms with Crippen molar-refractivity contribution in [3.8, 4) is 0 Å². The van der Waals surface area contributed by atoms with Crippen molar-refractivity contribution in [3.63, 3.8) is 0 Å². The molecular formula is C16H13F2NO3S. The van der Waals surface area contributed by atoms with Gasteiger partial charge in [0.15, 0.2) is 29.5 Å². The highest BCUT2D eigenvalue weighted by Crippen LogP contribution is 2.34. The summed E-state index contributed by atoms with van der Waals surface area (Å²) in [6.45, 7) is 1.84. The summed E-state index contributed by atoms with van der Waals surface area (Å²) in [6.07, 6.45) is 0.0129. The number of aryl methyl sites for hydroxylation is 1. The first-order valence-corrected chi connectivity index (χ1v) is 8.37. The number of sulfone groups is 1. The van der Waals surface area contributed by atoms with Gasteiger partial charge in [0.2, 0.25) is 9.84 Å². The minimum absolute atomic E-state index is 0.100. The molecule has 120 valence electrons. The number of halogens is 2. The fourth-order valence-electron chi connectivity index (χ4n) is 2.35. The monoisotopic (exact) mass is 337 g/mol. The van der Waals surface area contributed by atoms with Gasteiger partial charge >= 0.3 is 0 Å². The molecule has 0 radical (unpaired) electrons. The molecule has 2 atom stereocenters. The van der Waals surface area contributed by atoms with Gasteiger partial charge in [0.25, 0.3) is 0 Å². The molecule has 7 heteroatoms. The molecule has 2 aromatic carbocycles. The first kappa shape index (κ1) is 15.6. The van der Waals surface area contributed by atoms with E-state index in [1.807, 2.05) is 6.92 Å². The summed E-state index contributed by atoms with van der Waals surface area (Å²) in [4.78, 5) is 3.97. The van der Waals surface area contributed by atoms with Crippen molar-refractivity contribution < 1.29 is 21.9 Å². The molecule has 2 aromatic rings. The van der Waals surface area contributed by atoms with E-state index in [-0.39, 0.29) is 10.5 Å². The standard InChI is InChI=1S/C16H13F2NO3S/c1-10-2-5-12(6-3-10)23(20,21)16-15(22-9-19-16)11-4-7-13(17)14(18)8-11/h2-9,15-16H,1H3. The number of ether oxygens (including phenoxy) is 1. The van der Waals surface area contributed by atoms with Gasteiger partial charge in [-0.25, -0.2) is 22.2 Å². The van der Waals surface area contributed by atoms with Crippen molar-refractivity contribution >= 4 is 16.2 Å². The predicted octanol–water partition coefficient (Wildman–Crippen LogP) is 3.17. The number of benzene rings is 2. The Labute approximate surface area is 132 Å². The average molecular weight is 337 g/mol. The van der Waals surface area contributed by atoms with Crippen molar-refractivity contribution in [2.75, 3.05) is 0 Å². The maximum atomic E-state index is 13.4. The fourth-order valence-corrected chi connectivity index (χ4v) is 3.90. The first-order chi connectivity index (χ1) is 10.9. The lowest BCUT2D eigenvalue weighted by Crippen LogP contribution is -2.24. The van der Waals surface area contributed by atoms with Crippen LogP contribution in [0.3, 0.4) is 0 Å². The first-order valence-electron chi connectivity index (χ1n) is 6.82. The predicted molar refractivity (Wildman–Crippen MR) is 80.8 cm³/mol. The highest BCUT2D eigenvalue weighted by Gasteiger charge is 2.39. The number of hydrogen-bond acceptors (Lipinski definition) is 4. The molecule has 0 fully saturated rings. The van der Waals surface area contributed by atoms with Crippen LogP contribution in [-0.2, 0) is 14.6 Å². The van der Waals surface area contributed by atoms with Gasteiger partial charge in [0.05, 0.1) is 4.90 Å². The zero-order valence-electron chi connectivity index (χ0n) is 12.1. The van der Waals surface area contributed by atoms with Gasteiger partial charge in [-0.1, -0.05) is 23.8 Å². The Bertz CT molecular complexity index is 863. The molecule has 1 aliphatic rings. The molecule has 23 heavy (non-hydrogen) atoms. The third-order valence-corrected chi connectivity index (χ3v) is 5.55. The minimum Gasteiger partial charge on any atom is -0.472 e. The molecule has 1 heterocycles. The van der Waals surface area contributed by atoms with E-state index in [1.54, 1.807) is 12.1 Å². The van der Waals surface area contributed by atoms with Crippen LogP contribution in [0.25, 0.3) is 0 Å². The van der Waals surface area contributed by atoms with Crippen LogP contribution in [0.2, 0.25) is 0 Å². The molecule has 0 aromatic heterocycles. The largest absolute Gasteiger partial charge is 0.472 e. The zero-order chi connectivity index (χ0) is 16.6. The zero-order valence-corrected chi connectivity index (χ0v) is 12.9. The highest BCUT2D eigenvalue weighted by atomic mass is 32.2. The molecule has 0 saturated carbocycles. The van der Waals surface area contributed by atoms with Crippen LogP contribution in [0.4, 0.5) is 8.78 Å². The van der Waals surface area contributed by atoms with E-state index in [0.717, 1.165) is 24.1 Å². The number of nitrogens with zero attached hydrogens (tertiary/aromatic N) is 1. The molecule has 3 rings (SSSR count). The minimum atomic E-state index is -3.81. The van der Waals surface area contributed by atoms with Gasteiger partial charge < -0.3 is 4.74 Å². The Hall–Kier alpha value is -2.28. The molecule has 0 N–H and O–H groups in total. The van der Waals surface area contributed by atoms with E-state index < -0.39 is 32.9 Å². The van der Waals surface area contributed by atoms with Crippen molar-refractivity contribution in [2.24, 2.45) is 4.99 Å². The van der Waals surface area contributed by atoms with E-state index in [1.165, 1.54) is 18.2 Å². The van der Waals surface area contributed by atoms with Gasteiger partial charge in [-0.15, -0.1) is 0 Å². The Morgan fingerprint density at radius 1 is 1.04 bits per heavy atom.